The highest BCUT2D eigenvalue weighted by Crippen LogP contribution is 2.24. The molecule has 1 N–H and O–H groups in total. The summed E-state index contributed by atoms with van der Waals surface area (Å²) in [6.07, 6.45) is 0.0876. The Morgan fingerprint density at radius 2 is 1.95 bits per heavy atom. The predicted molar refractivity (Wildman–Crippen MR) is 70.1 cm³/mol. The fourth-order valence-corrected chi connectivity index (χ4v) is 2.09. The fourth-order valence-electron chi connectivity index (χ4n) is 2.09. The summed E-state index contributed by atoms with van der Waals surface area (Å²) in [5, 5.41) is 19.6. The van der Waals surface area contributed by atoms with E-state index in [1.54, 1.807) is 24.3 Å². The Morgan fingerprint density at radius 1 is 1.30 bits per heavy atom. The highest BCUT2D eigenvalue weighted by atomic mass is 16.2. The number of nitrogens with one attached hydrogen (secondary N) is 1. The Morgan fingerprint density at radius 3 is 2.55 bits per heavy atom. The number of rotatable bonds is 3. The average Bonchev–Trinajstić information content (AvgIpc) is 2.87. The summed E-state index contributed by atoms with van der Waals surface area (Å²) in [4.78, 5) is 25.4. The van der Waals surface area contributed by atoms with Crippen molar-refractivity contribution in [3.8, 4) is 12.1 Å². The van der Waals surface area contributed by atoms with E-state index in [9.17, 15) is 9.59 Å². The molecule has 1 aliphatic heterocycles. The Hall–Kier alpha value is -2.86. The summed E-state index contributed by atoms with van der Waals surface area (Å²) < 4.78 is 0. The molecule has 1 aliphatic rings. The number of benzene rings is 1. The monoisotopic (exact) mass is 268 g/mol. The van der Waals surface area contributed by atoms with Crippen LogP contribution < -0.4 is 10.2 Å². The molecule has 0 aliphatic carbocycles. The minimum Gasteiger partial charge on any atom is -0.328 e. The van der Waals surface area contributed by atoms with Gasteiger partial charge in [0.1, 0.15) is 12.1 Å². The maximum absolute atomic E-state index is 11.9. The van der Waals surface area contributed by atoms with Crippen molar-refractivity contribution in [1.29, 1.82) is 10.5 Å². The van der Waals surface area contributed by atoms with Gasteiger partial charge in [0.2, 0.25) is 17.9 Å². The molecular weight excluding hydrogens is 256 g/mol. The molecule has 20 heavy (non-hydrogen) atoms. The minimum atomic E-state index is -1.18. The number of carbonyl (C=O) groups is 2. The molecule has 6 heteroatoms. The zero-order valence-electron chi connectivity index (χ0n) is 10.6. The molecule has 0 radical (unpaired) electrons. The van der Waals surface area contributed by atoms with Crippen LogP contribution in [0.2, 0.25) is 0 Å². The summed E-state index contributed by atoms with van der Waals surface area (Å²) in [6.45, 7) is 0.262. The molecule has 0 saturated carbocycles. The van der Waals surface area contributed by atoms with Gasteiger partial charge in [-0.2, -0.15) is 10.5 Å². The van der Waals surface area contributed by atoms with E-state index in [0.717, 1.165) is 5.69 Å². The number of amides is 2. The second-order valence-corrected chi connectivity index (χ2v) is 4.44. The Labute approximate surface area is 116 Å². The van der Waals surface area contributed by atoms with Gasteiger partial charge < -0.3 is 10.2 Å². The van der Waals surface area contributed by atoms with Crippen molar-refractivity contribution in [3.63, 3.8) is 0 Å². The van der Waals surface area contributed by atoms with Crippen LogP contribution in [0.5, 0.6) is 0 Å². The van der Waals surface area contributed by atoms with E-state index in [2.05, 4.69) is 5.32 Å². The van der Waals surface area contributed by atoms with E-state index in [1.165, 1.54) is 4.90 Å². The molecule has 1 fully saturated rings. The van der Waals surface area contributed by atoms with Crippen LogP contribution in [0.1, 0.15) is 6.42 Å². The molecule has 1 saturated heterocycles. The molecule has 6 nitrogen and oxygen atoms in total. The predicted octanol–water partition coefficient (Wildman–Crippen LogP) is 0.571. The third kappa shape index (κ3) is 2.76. The molecule has 100 valence electrons. The summed E-state index contributed by atoms with van der Waals surface area (Å²) in [5.41, 5.74) is 0.741. The second-order valence-electron chi connectivity index (χ2n) is 4.44. The van der Waals surface area contributed by atoms with E-state index in [0.29, 0.717) is 0 Å². The smallest absolute Gasteiger partial charge is 0.227 e. The number of nitriles is 2. The third-order valence-corrected chi connectivity index (χ3v) is 3.11. The number of para-hydroxylation sites is 1. The van der Waals surface area contributed by atoms with Crippen molar-refractivity contribution in [2.24, 2.45) is 5.92 Å². The first-order valence-corrected chi connectivity index (χ1v) is 6.10. The summed E-state index contributed by atoms with van der Waals surface area (Å²) >= 11 is 0. The Bertz CT molecular complexity index is 586. The average molecular weight is 268 g/mol. The first-order valence-electron chi connectivity index (χ1n) is 6.10. The Balaban J connectivity index is 2.05. The maximum Gasteiger partial charge on any atom is 0.227 e. The highest BCUT2D eigenvalue weighted by molar-refractivity contribution is 6.00. The van der Waals surface area contributed by atoms with Gasteiger partial charge in [-0.05, 0) is 12.1 Å². The van der Waals surface area contributed by atoms with Crippen molar-refractivity contribution in [2.45, 2.75) is 12.5 Å². The zero-order valence-corrected chi connectivity index (χ0v) is 10.6. The molecule has 2 rings (SSSR count). The van der Waals surface area contributed by atoms with Gasteiger partial charge in [-0.3, -0.25) is 9.59 Å². The molecule has 1 heterocycles. The van der Waals surface area contributed by atoms with Gasteiger partial charge in [0.05, 0.1) is 5.92 Å². The standard InChI is InChI=1S/C14H12N4O2/c15-7-11(8-16)17-14(20)10-6-13(19)18(9-10)12-4-2-1-3-5-12/h1-5,10-11H,6,9H2,(H,17,20). The minimum absolute atomic E-state index is 0.0876. The van der Waals surface area contributed by atoms with Crippen LogP contribution in [0.25, 0.3) is 0 Å². The van der Waals surface area contributed by atoms with Crippen molar-refractivity contribution >= 4 is 17.5 Å². The highest BCUT2D eigenvalue weighted by Gasteiger charge is 2.35. The zero-order chi connectivity index (χ0) is 14.5. The number of hydrogen-bond acceptors (Lipinski definition) is 4. The van der Waals surface area contributed by atoms with E-state index < -0.39 is 17.9 Å². The third-order valence-electron chi connectivity index (χ3n) is 3.11. The lowest BCUT2D eigenvalue weighted by molar-refractivity contribution is -0.126. The van der Waals surface area contributed by atoms with Crippen LogP contribution in [0.3, 0.4) is 0 Å². The fraction of sp³-hybridized carbons (Fsp3) is 0.286. The van der Waals surface area contributed by atoms with Crippen molar-refractivity contribution in [1.82, 2.24) is 5.32 Å². The lowest BCUT2D eigenvalue weighted by Crippen LogP contribution is -2.38. The normalized spacial score (nSPS) is 17.6. The molecular formula is C14H12N4O2. The van der Waals surface area contributed by atoms with Crippen molar-refractivity contribution in [3.05, 3.63) is 30.3 Å². The number of nitrogens with zero attached hydrogens (tertiary/aromatic N) is 3. The molecule has 1 atom stereocenters. The van der Waals surface area contributed by atoms with Gasteiger partial charge in [0, 0.05) is 18.7 Å². The second kappa shape index (κ2) is 5.85. The van der Waals surface area contributed by atoms with Crippen LogP contribution in [-0.4, -0.2) is 24.4 Å². The lowest BCUT2D eigenvalue weighted by Gasteiger charge is -2.16. The lowest BCUT2D eigenvalue weighted by atomic mass is 10.1. The van der Waals surface area contributed by atoms with Crippen molar-refractivity contribution < 1.29 is 9.59 Å². The van der Waals surface area contributed by atoms with Gasteiger partial charge in [-0.1, -0.05) is 18.2 Å². The molecule has 1 aromatic rings. The first-order chi connectivity index (χ1) is 9.65. The topological polar surface area (TPSA) is 97.0 Å². The number of hydrogen-bond donors (Lipinski definition) is 1. The SMILES string of the molecule is N#CC(C#N)NC(=O)C1CC(=O)N(c2ccccc2)C1. The molecule has 2 amide bonds. The maximum atomic E-state index is 11.9. The van der Waals surface area contributed by atoms with E-state index in [4.69, 9.17) is 10.5 Å². The molecule has 0 spiro atoms. The van der Waals surface area contributed by atoms with Gasteiger partial charge in [0.15, 0.2) is 0 Å². The van der Waals surface area contributed by atoms with Crippen LogP contribution in [0, 0.1) is 28.6 Å². The molecule has 0 bridgehead atoms. The van der Waals surface area contributed by atoms with Gasteiger partial charge in [0.25, 0.3) is 0 Å². The summed E-state index contributed by atoms with van der Waals surface area (Å²) in [5.74, 6) is -1.11. The van der Waals surface area contributed by atoms with Gasteiger partial charge >= 0.3 is 0 Å². The largest absolute Gasteiger partial charge is 0.328 e. The summed E-state index contributed by atoms with van der Waals surface area (Å²) in [7, 11) is 0. The summed E-state index contributed by atoms with van der Waals surface area (Å²) in [6, 6.07) is 11.2. The Kier molecular flexibility index (Phi) is 3.97. The van der Waals surface area contributed by atoms with Gasteiger partial charge in [-0.25, -0.2) is 0 Å². The molecule has 1 aromatic carbocycles. The first kappa shape index (κ1) is 13.6. The number of carbonyl (C=O) groups excluding carboxylic acids is 2. The quantitative estimate of drug-likeness (QED) is 0.866. The van der Waals surface area contributed by atoms with Crippen LogP contribution in [-0.2, 0) is 9.59 Å². The molecule has 0 aromatic heterocycles. The van der Waals surface area contributed by atoms with E-state index in [1.807, 2.05) is 18.2 Å². The van der Waals surface area contributed by atoms with Crippen molar-refractivity contribution in [2.75, 3.05) is 11.4 Å². The van der Waals surface area contributed by atoms with E-state index in [-0.39, 0.29) is 18.9 Å². The van der Waals surface area contributed by atoms with Gasteiger partial charge in [-0.15, -0.1) is 0 Å². The molecule has 1 unspecified atom stereocenters. The van der Waals surface area contributed by atoms with Crippen LogP contribution in [0.4, 0.5) is 5.69 Å². The van der Waals surface area contributed by atoms with Crippen LogP contribution >= 0.6 is 0 Å². The van der Waals surface area contributed by atoms with E-state index >= 15 is 0 Å². The van der Waals surface area contributed by atoms with Crippen LogP contribution in [0.15, 0.2) is 30.3 Å². The number of anilines is 1.